The summed E-state index contributed by atoms with van der Waals surface area (Å²) in [5.41, 5.74) is 0.442. The fourth-order valence-corrected chi connectivity index (χ4v) is 2.72. The van der Waals surface area contributed by atoms with Crippen LogP contribution in [0, 0.1) is 0 Å². The van der Waals surface area contributed by atoms with Gasteiger partial charge < -0.3 is 4.74 Å². The Bertz CT molecular complexity index is 548. The second-order valence-electron chi connectivity index (χ2n) is 6.62. The van der Waals surface area contributed by atoms with Gasteiger partial charge in [0.1, 0.15) is 5.60 Å². The zero-order chi connectivity index (χ0) is 16.3. The van der Waals surface area contributed by atoms with Crippen LogP contribution in [0.2, 0.25) is 5.02 Å². The van der Waals surface area contributed by atoms with Gasteiger partial charge in [0.2, 0.25) is 5.91 Å². The number of halogens is 1. The average Bonchev–Trinajstić information content (AvgIpc) is 2.39. The van der Waals surface area contributed by atoms with Crippen molar-refractivity contribution in [3.05, 3.63) is 34.9 Å². The van der Waals surface area contributed by atoms with Gasteiger partial charge in [0, 0.05) is 17.5 Å². The summed E-state index contributed by atoms with van der Waals surface area (Å²) in [4.78, 5) is 25.8. The molecule has 1 unspecified atom stereocenters. The summed E-state index contributed by atoms with van der Waals surface area (Å²) in [5.74, 6) is -0.153. The minimum atomic E-state index is -0.611. The molecule has 22 heavy (non-hydrogen) atoms. The van der Waals surface area contributed by atoms with Gasteiger partial charge in [0.05, 0.1) is 0 Å². The molecule has 0 N–H and O–H groups in total. The molecule has 0 spiro atoms. The number of rotatable bonds is 2. The molecule has 1 aliphatic heterocycles. The van der Waals surface area contributed by atoms with Crippen LogP contribution in [0.4, 0.5) is 4.79 Å². The normalized spacial score (nSPS) is 19.2. The van der Waals surface area contributed by atoms with Gasteiger partial charge in [-0.1, -0.05) is 23.7 Å². The number of amides is 2. The van der Waals surface area contributed by atoms with E-state index in [0.29, 0.717) is 17.9 Å². The molecular weight excluding hydrogens is 302 g/mol. The van der Waals surface area contributed by atoms with Crippen molar-refractivity contribution in [3.8, 4) is 0 Å². The number of ether oxygens (including phenoxy) is 1. The van der Waals surface area contributed by atoms with Crippen LogP contribution in [0.1, 0.15) is 45.6 Å². The summed E-state index contributed by atoms with van der Waals surface area (Å²) in [6.07, 6.45) is 2.08. The first-order valence-electron chi connectivity index (χ1n) is 7.56. The topological polar surface area (TPSA) is 46.6 Å². The van der Waals surface area contributed by atoms with Gasteiger partial charge >= 0.3 is 6.09 Å². The molecular formula is C17H22ClNO3. The maximum Gasteiger partial charge on any atom is 0.417 e. The highest BCUT2D eigenvalue weighted by Gasteiger charge is 2.35. The van der Waals surface area contributed by atoms with E-state index in [-0.39, 0.29) is 11.9 Å². The maximum absolute atomic E-state index is 12.3. The highest BCUT2D eigenvalue weighted by atomic mass is 35.5. The number of imide groups is 1. The van der Waals surface area contributed by atoms with E-state index in [9.17, 15) is 9.59 Å². The second-order valence-corrected chi connectivity index (χ2v) is 7.06. The molecule has 0 aliphatic carbocycles. The van der Waals surface area contributed by atoms with E-state index in [1.807, 2.05) is 24.3 Å². The molecule has 1 aromatic rings. The Morgan fingerprint density at radius 1 is 1.32 bits per heavy atom. The second kappa shape index (κ2) is 6.69. The fourth-order valence-electron chi connectivity index (χ4n) is 2.59. The Hall–Kier alpha value is -1.55. The molecule has 1 fully saturated rings. The lowest BCUT2D eigenvalue weighted by molar-refractivity contribution is -0.135. The van der Waals surface area contributed by atoms with Crippen molar-refractivity contribution in [2.45, 2.75) is 58.1 Å². The minimum absolute atomic E-state index is 0.153. The van der Waals surface area contributed by atoms with Crippen LogP contribution in [0.25, 0.3) is 0 Å². The number of nitrogens with zero attached hydrogens (tertiary/aromatic N) is 1. The van der Waals surface area contributed by atoms with E-state index in [1.165, 1.54) is 4.90 Å². The van der Waals surface area contributed by atoms with Crippen molar-refractivity contribution in [2.75, 3.05) is 0 Å². The van der Waals surface area contributed by atoms with Gasteiger partial charge in [0.15, 0.2) is 0 Å². The van der Waals surface area contributed by atoms with Crippen LogP contribution in [0.3, 0.4) is 0 Å². The van der Waals surface area contributed by atoms with Crippen LogP contribution in [0.15, 0.2) is 24.3 Å². The van der Waals surface area contributed by atoms with Crippen molar-refractivity contribution >= 4 is 23.6 Å². The van der Waals surface area contributed by atoms with Crippen molar-refractivity contribution in [3.63, 3.8) is 0 Å². The van der Waals surface area contributed by atoms with Crippen molar-refractivity contribution < 1.29 is 14.3 Å². The van der Waals surface area contributed by atoms with E-state index in [4.69, 9.17) is 16.3 Å². The highest BCUT2D eigenvalue weighted by Crippen LogP contribution is 2.24. The van der Waals surface area contributed by atoms with Gasteiger partial charge in [-0.05, 0) is 57.7 Å². The third-order valence-electron chi connectivity index (χ3n) is 3.54. The van der Waals surface area contributed by atoms with Crippen molar-refractivity contribution in [1.29, 1.82) is 0 Å². The molecule has 120 valence electrons. The number of piperidine rings is 1. The summed E-state index contributed by atoms with van der Waals surface area (Å²) in [5, 5.41) is 0.674. The molecule has 4 nitrogen and oxygen atoms in total. The summed E-state index contributed by atoms with van der Waals surface area (Å²) in [6.45, 7) is 5.40. The molecule has 0 bridgehead atoms. The van der Waals surface area contributed by atoms with Crippen LogP contribution in [-0.4, -0.2) is 28.5 Å². The maximum atomic E-state index is 12.3. The number of carbonyl (C=O) groups is 2. The molecule has 1 aliphatic rings. The molecule has 2 amide bonds. The largest absolute Gasteiger partial charge is 0.443 e. The van der Waals surface area contributed by atoms with E-state index >= 15 is 0 Å². The molecule has 0 radical (unpaired) electrons. The van der Waals surface area contributed by atoms with Gasteiger partial charge in [-0.15, -0.1) is 0 Å². The van der Waals surface area contributed by atoms with Gasteiger partial charge in [-0.2, -0.15) is 0 Å². The number of benzene rings is 1. The predicted octanol–water partition coefficient (Wildman–Crippen LogP) is 4.20. The molecule has 2 rings (SSSR count). The number of likely N-dealkylation sites (tertiary alicyclic amines) is 1. The molecule has 0 aromatic heterocycles. The number of carbonyl (C=O) groups excluding carboxylic acids is 2. The summed E-state index contributed by atoms with van der Waals surface area (Å²) in [6, 6.07) is 7.33. The highest BCUT2D eigenvalue weighted by molar-refractivity contribution is 6.30. The summed E-state index contributed by atoms with van der Waals surface area (Å²) in [7, 11) is 0. The Labute approximate surface area is 136 Å². The number of hydrogen-bond donors (Lipinski definition) is 0. The zero-order valence-electron chi connectivity index (χ0n) is 13.3. The van der Waals surface area contributed by atoms with Gasteiger partial charge in [-0.3, -0.25) is 4.79 Å². The lowest BCUT2D eigenvalue weighted by atomic mass is 9.95. The zero-order valence-corrected chi connectivity index (χ0v) is 14.0. The third kappa shape index (κ3) is 4.47. The molecule has 1 heterocycles. The Balaban J connectivity index is 2.14. The molecule has 1 saturated heterocycles. The lowest BCUT2D eigenvalue weighted by Crippen LogP contribution is -2.50. The quantitative estimate of drug-likeness (QED) is 0.819. The van der Waals surface area contributed by atoms with Crippen LogP contribution in [0.5, 0.6) is 0 Å². The fraction of sp³-hybridized carbons (Fsp3) is 0.529. The molecule has 5 heteroatoms. The Kier molecular flexibility index (Phi) is 5.12. The predicted molar refractivity (Wildman–Crippen MR) is 85.9 cm³/mol. The minimum Gasteiger partial charge on any atom is -0.443 e. The van der Waals surface area contributed by atoms with Crippen LogP contribution < -0.4 is 0 Å². The van der Waals surface area contributed by atoms with Crippen molar-refractivity contribution in [1.82, 2.24) is 4.90 Å². The third-order valence-corrected chi connectivity index (χ3v) is 3.79. The Morgan fingerprint density at radius 2 is 1.95 bits per heavy atom. The van der Waals surface area contributed by atoms with E-state index in [1.54, 1.807) is 20.8 Å². The van der Waals surface area contributed by atoms with Crippen molar-refractivity contribution in [2.24, 2.45) is 0 Å². The molecule has 0 saturated carbocycles. The lowest BCUT2D eigenvalue weighted by Gasteiger charge is -2.35. The Morgan fingerprint density at radius 3 is 2.55 bits per heavy atom. The van der Waals surface area contributed by atoms with E-state index in [0.717, 1.165) is 18.4 Å². The number of hydrogen-bond acceptors (Lipinski definition) is 3. The standard InChI is InChI=1S/C17H22ClNO3/c1-17(2,3)22-16(21)19-14(5-4-6-15(19)20)11-12-7-9-13(18)10-8-12/h7-10,14H,4-6,11H2,1-3H3. The van der Waals surface area contributed by atoms with Crippen LogP contribution >= 0.6 is 11.6 Å². The van der Waals surface area contributed by atoms with E-state index < -0.39 is 11.7 Å². The first-order chi connectivity index (χ1) is 10.3. The average molecular weight is 324 g/mol. The van der Waals surface area contributed by atoms with Crippen LogP contribution in [-0.2, 0) is 16.0 Å². The first-order valence-corrected chi connectivity index (χ1v) is 7.93. The molecule has 1 atom stereocenters. The summed E-state index contributed by atoms with van der Waals surface area (Å²) >= 11 is 5.89. The molecule has 1 aromatic carbocycles. The smallest absolute Gasteiger partial charge is 0.417 e. The van der Waals surface area contributed by atoms with E-state index in [2.05, 4.69) is 0 Å². The monoisotopic (exact) mass is 323 g/mol. The van der Waals surface area contributed by atoms with Gasteiger partial charge in [-0.25, -0.2) is 9.69 Å². The van der Waals surface area contributed by atoms with Gasteiger partial charge in [0.25, 0.3) is 0 Å². The SMILES string of the molecule is CC(C)(C)OC(=O)N1C(=O)CCCC1Cc1ccc(Cl)cc1. The first kappa shape index (κ1) is 16.8. The summed E-state index contributed by atoms with van der Waals surface area (Å²) < 4.78 is 5.38.